The molecule has 0 aliphatic carbocycles. The molecule has 0 fully saturated rings. The van der Waals surface area contributed by atoms with Crippen LogP contribution in [0.3, 0.4) is 0 Å². The molecule has 0 unspecified atom stereocenters. The van der Waals surface area contributed by atoms with E-state index < -0.39 is 5.97 Å². The van der Waals surface area contributed by atoms with Gasteiger partial charge in [-0.05, 0) is 23.3 Å². The van der Waals surface area contributed by atoms with Gasteiger partial charge in [-0.25, -0.2) is 9.79 Å². The summed E-state index contributed by atoms with van der Waals surface area (Å²) in [6.07, 6.45) is 0.460. The number of carbonyl (C=O) groups is 2. The lowest BCUT2D eigenvalue weighted by molar-refractivity contribution is -0.132. The first-order valence-corrected chi connectivity index (χ1v) is 7.42. The second-order valence-corrected chi connectivity index (χ2v) is 5.11. The third kappa shape index (κ3) is 4.68. The highest BCUT2D eigenvalue weighted by Crippen LogP contribution is 2.29. The summed E-state index contributed by atoms with van der Waals surface area (Å²) in [5, 5.41) is 12.0. The van der Waals surface area contributed by atoms with Gasteiger partial charge in [0.15, 0.2) is 5.96 Å². The van der Waals surface area contributed by atoms with E-state index in [-0.39, 0.29) is 18.1 Å². The van der Waals surface area contributed by atoms with Gasteiger partial charge in [-0.2, -0.15) is 0 Å². The molecule has 6 N–H and O–H groups in total. The van der Waals surface area contributed by atoms with E-state index in [1.54, 1.807) is 36.4 Å². The lowest BCUT2D eigenvalue weighted by Crippen LogP contribution is -2.22. The van der Waals surface area contributed by atoms with Gasteiger partial charge in [-0.15, -0.1) is 0 Å². The molecule has 0 aliphatic heterocycles. The fourth-order valence-electron chi connectivity index (χ4n) is 2.41. The minimum Gasteiger partial charge on any atom is -0.478 e. The summed E-state index contributed by atoms with van der Waals surface area (Å²) in [5.74, 6) is -1.22. The molecule has 0 saturated carbocycles. The first-order valence-electron chi connectivity index (χ1n) is 7.42. The molecule has 7 heteroatoms. The number of rotatable bonds is 7. The molecule has 0 saturated heterocycles. The molecular formula is C18H18N4O3. The molecule has 0 aliphatic rings. The fourth-order valence-corrected chi connectivity index (χ4v) is 2.41. The molecule has 0 aromatic heterocycles. The van der Waals surface area contributed by atoms with Crippen molar-refractivity contribution < 1.29 is 14.7 Å². The maximum atomic E-state index is 11.8. The van der Waals surface area contributed by atoms with Crippen molar-refractivity contribution in [1.82, 2.24) is 5.32 Å². The van der Waals surface area contributed by atoms with Crippen LogP contribution < -0.4 is 16.8 Å². The molecule has 2 aromatic carbocycles. The fraction of sp³-hybridized carbons (Fsp3) is 0.0556. The number of aliphatic carboxylic acids is 1. The van der Waals surface area contributed by atoms with Crippen LogP contribution in [0.25, 0.3) is 5.57 Å². The van der Waals surface area contributed by atoms with Gasteiger partial charge in [0.05, 0.1) is 17.8 Å². The lowest BCUT2D eigenvalue weighted by atomic mass is 9.92. The second-order valence-electron chi connectivity index (χ2n) is 5.11. The molecule has 0 radical (unpaired) electrons. The van der Waals surface area contributed by atoms with Gasteiger partial charge in [0.2, 0.25) is 6.41 Å². The number of amides is 1. The van der Waals surface area contributed by atoms with Crippen LogP contribution in [-0.4, -0.2) is 30.0 Å². The topological polar surface area (TPSA) is 131 Å². The Balaban J connectivity index is 2.69. The molecule has 7 nitrogen and oxygen atoms in total. The summed E-state index contributed by atoms with van der Waals surface area (Å²) in [7, 11) is 0. The number of hydrogen-bond acceptors (Lipinski definition) is 3. The summed E-state index contributed by atoms with van der Waals surface area (Å²) in [5.41, 5.74) is 13.2. The Morgan fingerprint density at radius 2 is 1.76 bits per heavy atom. The van der Waals surface area contributed by atoms with E-state index in [2.05, 4.69) is 10.3 Å². The van der Waals surface area contributed by atoms with E-state index in [9.17, 15) is 14.7 Å². The number of carboxylic acids is 1. The third-order valence-corrected chi connectivity index (χ3v) is 3.38. The SMILES string of the molecule is NC(N)=Nc1cccc(C(=C(CNC=O)C(=O)O)c2ccccc2)c1. The average Bonchev–Trinajstić information content (AvgIpc) is 2.58. The summed E-state index contributed by atoms with van der Waals surface area (Å²) in [4.78, 5) is 26.4. The van der Waals surface area contributed by atoms with Crippen LogP contribution in [0.1, 0.15) is 11.1 Å². The number of carboxylic acid groups (broad SMARTS) is 1. The quantitative estimate of drug-likeness (QED) is 0.261. The first kappa shape index (κ1) is 17.7. The maximum absolute atomic E-state index is 11.8. The van der Waals surface area contributed by atoms with E-state index >= 15 is 0 Å². The predicted molar refractivity (Wildman–Crippen MR) is 96.1 cm³/mol. The van der Waals surface area contributed by atoms with Crippen molar-refractivity contribution in [2.24, 2.45) is 16.5 Å². The molecule has 0 bridgehead atoms. The first-order chi connectivity index (χ1) is 12.0. The zero-order valence-corrected chi connectivity index (χ0v) is 13.3. The van der Waals surface area contributed by atoms with Crippen molar-refractivity contribution in [2.45, 2.75) is 0 Å². The summed E-state index contributed by atoms with van der Waals surface area (Å²) in [6, 6.07) is 15.9. The molecule has 0 heterocycles. The van der Waals surface area contributed by atoms with Gasteiger partial charge in [-0.3, -0.25) is 4.79 Å². The Kier molecular flexibility index (Phi) is 5.89. The molecule has 0 spiro atoms. The molecule has 2 aromatic rings. The number of aliphatic imine (C=N–C) groups is 1. The van der Waals surface area contributed by atoms with Crippen molar-refractivity contribution in [3.63, 3.8) is 0 Å². The van der Waals surface area contributed by atoms with E-state index in [0.717, 1.165) is 0 Å². The van der Waals surface area contributed by atoms with Crippen molar-refractivity contribution in [2.75, 3.05) is 6.54 Å². The van der Waals surface area contributed by atoms with Crippen molar-refractivity contribution >= 4 is 29.6 Å². The number of nitrogens with two attached hydrogens (primary N) is 2. The van der Waals surface area contributed by atoms with Crippen molar-refractivity contribution in [1.29, 1.82) is 0 Å². The van der Waals surface area contributed by atoms with Crippen LogP contribution in [0.2, 0.25) is 0 Å². The minimum atomic E-state index is -1.12. The van der Waals surface area contributed by atoms with Gasteiger partial charge in [0.25, 0.3) is 0 Å². The van der Waals surface area contributed by atoms with Crippen molar-refractivity contribution in [3.8, 4) is 0 Å². The van der Waals surface area contributed by atoms with Crippen LogP contribution in [0.5, 0.6) is 0 Å². The smallest absolute Gasteiger partial charge is 0.334 e. The number of guanidine groups is 1. The van der Waals surface area contributed by atoms with Gasteiger partial charge in [0, 0.05) is 5.57 Å². The minimum absolute atomic E-state index is 0.0557. The van der Waals surface area contributed by atoms with Gasteiger partial charge in [-0.1, -0.05) is 42.5 Å². The second kappa shape index (κ2) is 8.30. The Morgan fingerprint density at radius 1 is 1.08 bits per heavy atom. The van der Waals surface area contributed by atoms with Crippen LogP contribution in [-0.2, 0) is 9.59 Å². The molecule has 1 amide bonds. The summed E-state index contributed by atoms with van der Waals surface area (Å²) in [6.45, 7) is -0.115. The maximum Gasteiger partial charge on any atom is 0.334 e. The number of nitrogens with one attached hydrogen (secondary N) is 1. The Hall–Kier alpha value is -3.61. The standard InChI is InChI=1S/C18H18N4O3/c19-18(20)22-14-8-4-7-13(9-14)16(12-5-2-1-3-6-12)15(17(24)25)10-21-11-23/h1-9,11H,10H2,(H,21,23)(H,24,25)(H4,19,20,22). The molecular weight excluding hydrogens is 320 g/mol. The highest BCUT2D eigenvalue weighted by Gasteiger charge is 2.18. The largest absolute Gasteiger partial charge is 0.478 e. The highest BCUT2D eigenvalue weighted by atomic mass is 16.4. The Morgan fingerprint density at radius 3 is 2.36 bits per heavy atom. The summed E-state index contributed by atoms with van der Waals surface area (Å²) < 4.78 is 0. The molecule has 2 rings (SSSR count). The normalized spacial score (nSPS) is 11.2. The van der Waals surface area contributed by atoms with Crippen LogP contribution in [0.15, 0.2) is 65.2 Å². The molecule has 128 valence electrons. The predicted octanol–water partition coefficient (Wildman–Crippen LogP) is 1.22. The monoisotopic (exact) mass is 338 g/mol. The van der Waals surface area contributed by atoms with Gasteiger partial charge < -0.3 is 21.9 Å². The zero-order chi connectivity index (χ0) is 18.2. The van der Waals surface area contributed by atoms with Crippen LogP contribution >= 0.6 is 0 Å². The zero-order valence-electron chi connectivity index (χ0n) is 13.3. The number of benzene rings is 2. The number of carbonyl (C=O) groups excluding carboxylic acids is 1. The number of nitrogens with zero attached hydrogens (tertiary/aromatic N) is 1. The van der Waals surface area contributed by atoms with Crippen LogP contribution in [0, 0.1) is 0 Å². The van der Waals surface area contributed by atoms with E-state index in [1.165, 1.54) is 0 Å². The number of hydrogen-bond donors (Lipinski definition) is 4. The Bertz CT molecular complexity index is 825. The third-order valence-electron chi connectivity index (χ3n) is 3.38. The summed E-state index contributed by atoms with van der Waals surface area (Å²) >= 11 is 0. The lowest BCUT2D eigenvalue weighted by Gasteiger charge is -2.14. The highest BCUT2D eigenvalue weighted by molar-refractivity contribution is 6.01. The van der Waals surface area contributed by atoms with E-state index in [0.29, 0.717) is 28.8 Å². The van der Waals surface area contributed by atoms with E-state index in [4.69, 9.17) is 11.5 Å². The average molecular weight is 338 g/mol. The Labute approximate surface area is 144 Å². The van der Waals surface area contributed by atoms with Crippen molar-refractivity contribution in [3.05, 3.63) is 71.3 Å². The molecule has 25 heavy (non-hydrogen) atoms. The van der Waals surface area contributed by atoms with Gasteiger partial charge >= 0.3 is 5.97 Å². The van der Waals surface area contributed by atoms with E-state index in [1.807, 2.05) is 18.2 Å². The molecule has 0 atom stereocenters. The van der Waals surface area contributed by atoms with Gasteiger partial charge in [0.1, 0.15) is 0 Å². The van der Waals surface area contributed by atoms with Crippen LogP contribution in [0.4, 0.5) is 5.69 Å².